The number of fused-ring (bicyclic) bond motifs is 1. The maximum Gasteiger partial charge on any atom is 0.225 e. The minimum absolute atomic E-state index is 0.0258. The van der Waals surface area contributed by atoms with Crippen LogP contribution in [0.1, 0.15) is 31.2 Å². The van der Waals surface area contributed by atoms with Gasteiger partial charge in [-0.2, -0.15) is 0 Å². The van der Waals surface area contributed by atoms with Gasteiger partial charge in [0, 0.05) is 23.4 Å². The van der Waals surface area contributed by atoms with Crippen molar-refractivity contribution in [2.75, 3.05) is 5.32 Å². The lowest BCUT2D eigenvalue weighted by Gasteiger charge is -2.42. The molecule has 0 spiro atoms. The van der Waals surface area contributed by atoms with Crippen molar-refractivity contribution in [3.8, 4) is 0 Å². The molecular weight excluding hydrogens is 315 g/mol. The number of hydrogen-bond donors (Lipinski definition) is 1. The Morgan fingerprint density at radius 3 is 2.56 bits per heavy atom. The molecule has 0 atom stereocenters. The maximum atomic E-state index is 13.2. The summed E-state index contributed by atoms with van der Waals surface area (Å²) in [5.74, 6) is -0.272. The van der Waals surface area contributed by atoms with Crippen LogP contribution in [0.3, 0.4) is 0 Å². The van der Waals surface area contributed by atoms with E-state index in [0.717, 1.165) is 41.4 Å². The Labute approximate surface area is 145 Å². The van der Waals surface area contributed by atoms with Gasteiger partial charge in [-0.3, -0.25) is 9.78 Å². The van der Waals surface area contributed by atoms with Crippen LogP contribution in [0.25, 0.3) is 10.9 Å². The quantitative estimate of drug-likeness (QED) is 0.743. The fourth-order valence-electron chi connectivity index (χ4n) is 3.68. The lowest BCUT2D eigenvalue weighted by atomic mass is 9.62. The van der Waals surface area contributed by atoms with E-state index in [-0.39, 0.29) is 17.1 Å². The number of carbonyl (C=O) groups is 1. The van der Waals surface area contributed by atoms with E-state index in [1.54, 1.807) is 18.3 Å². The van der Waals surface area contributed by atoms with Gasteiger partial charge in [-0.05, 0) is 42.7 Å². The molecule has 2 aromatic carbocycles. The van der Waals surface area contributed by atoms with Crippen LogP contribution in [0.4, 0.5) is 10.1 Å². The van der Waals surface area contributed by atoms with Crippen LogP contribution in [-0.2, 0) is 10.2 Å². The van der Waals surface area contributed by atoms with Gasteiger partial charge in [0.2, 0.25) is 5.91 Å². The third-order valence-electron chi connectivity index (χ3n) is 5.17. The minimum Gasteiger partial charge on any atom is -0.324 e. The SMILES string of the molecule is O=C(CC1(c2ccc(F)cc2)CCC1)Nc1cccc2cccnc12. The van der Waals surface area contributed by atoms with Crippen LogP contribution < -0.4 is 5.32 Å². The zero-order chi connectivity index (χ0) is 17.3. The molecule has 1 aliphatic carbocycles. The average molecular weight is 334 g/mol. The second kappa shape index (κ2) is 6.28. The van der Waals surface area contributed by atoms with Crippen LogP contribution in [0.5, 0.6) is 0 Å². The van der Waals surface area contributed by atoms with Crippen molar-refractivity contribution in [2.24, 2.45) is 0 Å². The summed E-state index contributed by atoms with van der Waals surface area (Å²) in [5.41, 5.74) is 2.40. The predicted octanol–water partition coefficient (Wildman–Crippen LogP) is 4.82. The van der Waals surface area contributed by atoms with Gasteiger partial charge in [0.05, 0.1) is 11.2 Å². The smallest absolute Gasteiger partial charge is 0.225 e. The highest BCUT2D eigenvalue weighted by molar-refractivity contribution is 6.00. The molecule has 1 N–H and O–H groups in total. The van der Waals surface area contributed by atoms with Crippen molar-refractivity contribution in [1.82, 2.24) is 4.98 Å². The summed E-state index contributed by atoms with van der Waals surface area (Å²) >= 11 is 0. The number of nitrogens with one attached hydrogen (secondary N) is 1. The number of amides is 1. The van der Waals surface area contributed by atoms with Crippen LogP contribution >= 0.6 is 0 Å². The summed E-state index contributed by atoms with van der Waals surface area (Å²) in [7, 11) is 0. The van der Waals surface area contributed by atoms with E-state index in [2.05, 4.69) is 10.3 Å². The zero-order valence-electron chi connectivity index (χ0n) is 13.8. The Morgan fingerprint density at radius 1 is 1.08 bits per heavy atom. The third kappa shape index (κ3) is 3.00. The number of para-hydroxylation sites is 1. The molecule has 0 radical (unpaired) electrons. The number of aromatic nitrogens is 1. The molecule has 1 aliphatic rings. The molecule has 1 fully saturated rings. The molecule has 25 heavy (non-hydrogen) atoms. The summed E-state index contributed by atoms with van der Waals surface area (Å²) in [4.78, 5) is 17.1. The van der Waals surface area contributed by atoms with E-state index in [4.69, 9.17) is 0 Å². The highest BCUT2D eigenvalue weighted by Crippen LogP contribution is 2.46. The van der Waals surface area contributed by atoms with E-state index in [1.165, 1.54) is 12.1 Å². The van der Waals surface area contributed by atoms with Gasteiger partial charge in [-0.25, -0.2) is 4.39 Å². The van der Waals surface area contributed by atoms with Crippen molar-refractivity contribution in [1.29, 1.82) is 0 Å². The van der Waals surface area contributed by atoms with E-state index < -0.39 is 0 Å². The minimum atomic E-state index is -0.246. The molecule has 4 heteroatoms. The van der Waals surface area contributed by atoms with Crippen LogP contribution in [0.2, 0.25) is 0 Å². The Bertz CT molecular complexity index is 911. The summed E-state index contributed by atoms with van der Waals surface area (Å²) in [6.45, 7) is 0. The van der Waals surface area contributed by atoms with Gasteiger partial charge in [0.25, 0.3) is 0 Å². The topological polar surface area (TPSA) is 42.0 Å². The first-order chi connectivity index (χ1) is 12.2. The molecule has 1 saturated carbocycles. The second-order valence-corrected chi connectivity index (χ2v) is 6.75. The van der Waals surface area contributed by atoms with Crippen molar-refractivity contribution < 1.29 is 9.18 Å². The summed E-state index contributed by atoms with van der Waals surface area (Å²) < 4.78 is 13.2. The van der Waals surface area contributed by atoms with Gasteiger partial charge in [-0.15, -0.1) is 0 Å². The third-order valence-corrected chi connectivity index (χ3v) is 5.17. The zero-order valence-corrected chi connectivity index (χ0v) is 13.8. The molecule has 0 bridgehead atoms. The van der Waals surface area contributed by atoms with Crippen LogP contribution in [0, 0.1) is 5.82 Å². The van der Waals surface area contributed by atoms with Gasteiger partial charge in [-0.1, -0.05) is 36.8 Å². The number of nitrogens with zero attached hydrogens (tertiary/aromatic N) is 1. The molecule has 3 nitrogen and oxygen atoms in total. The van der Waals surface area contributed by atoms with Gasteiger partial charge >= 0.3 is 0 Å². The van der Waals surface area contributed by atoms with Crippen molar-refractivity contribution in [3.05, 3.63) is 72.2 Å². The van der Waals surface area contributed by atoms with Gasteiger partial charge in [0.1, 0.15) is 5.82 Å². The first-order valence-electron chi connectivity index (χ1n) is 8.56. The lowest BCUT2D eigenvalue weighted by molar-refractivity contribution is -0.118. The number of carbonyl (C=O) groups excluding carboxylic acids is 1. The summed E-state index contributed by atoms with van der Waals surface area (Å²) in [5, 5.41) is 4.01. The summed E-state index contributed by atoms with van der Waals surface area (Å²) in [6, 6.07) is 16.2. The first-order valence-corrected chi connectivity index (χ1v) is 8.56. The molecule has 126 valence electrons. The molecule has 1 heterocycles. The molecule has 4 rings (SSSR count). The number of halogens is 1. The second-order valence-electron chi connectivity index (χ2n) is 6.75. The standard InChI is InChI=1S/C21H19FN2O/c22-17-9-7-16(8-10-17)21(11-3-12-21)14-19(25)24-18-6-1-4-15-5-2-13-23-20(15)18/h1-2,4-10,13H,3,11-12,14H2,(H,24,25). The Balaban J connectivity index is 1.56. The van der Waals surface area contributed by atoms with E-state index in [1.807, 2.05) is 30.3 Å². The maximum absolute atomic E-state index is 13.2. The fourth-order valence-corrected chi connectivity index (χ4v) is 3.68. The average Bonchev–Trinajstić information content (AvgIpc) is 2.59. The molecule has 0 aliphatic heterocycles. The number of pyridine rings is 1. The number of anilines is 1. The number of benzene rings is 2. The normalized spacial score (nSPS) is 15.6. The Kier molecular flexibility index (Phi) is 3.96. The summed E-state index contributed by atoms with van der Waals surface area (Å²) in [6.07, 6.45) is 5.14. The monoisotopic (exact) mass is 334 g/mol. The van der Waals surface area contributed by atoms with Gasteiger partial charge in [0.15, 0.2) is 0 Å². The molecule has 1 amide bonds. The van der Waals surface area contributed by atoms with Crippen LogP contribution in [0.15, 0.2) is 60.8 Å². The number of hydrogen-bond acceptors (Lipinski definition) is 2. The molecule has 0 saturated heterocycles. The Hall–Kier alpha value is -2.75. The molecule has 1 aromatic heterocycles. The van der Waals surface area contributed by atoms with Crippen LogP contribution in [-0.4, -0.2) is 10.9 Å². The number of rotatable bonds is 4. The largest absolute Gasteiger partial charge is 0.324 e. The van der Waals surface area contributed by atoms with E-state index >= 15 is 0 Å². The van der Waals surface area contributed by atoms with Crippen molar-refractivity contribution >= 4 is 22.5 Å². The van der Waals surface area contributed by atoms with E-state index in [0.29, 0.717) is 6.42 Å². The lowest BCUT2D eigenvalue weighted by Crippen LogP contribution is -2.38. The van der Waals surface area contributed by atoms with Crippen molar-refractivity contribution in [3.63, 3.8) is 0 Å². The highest BCUT2D eigenvalue weighted by atomic mass is 19.1. The highest BCUT2D eigenvalue weighted by Gasteiger charge is 2.40. The van der Waals surface area contributed by atoms with Gasteiger partial charge < -0.3 is 5.32 Å². The molecule has 3 aromatic rings. The van der Waals surface area contributed by atoms with E-state index in [9.17, 15) is 9.18 Å². The first kappa shape index (κ1) is 15.8. The molecule has 0 unspecified atom stereocenters. The Morgan fingerprint density at radius 2 is 1.84 bits per heavy atom. The molecular formula is C21H19FN2O. The fraction of sp³-hybridized carbons (Fsp3) is 0.238. The van der Waals surface area contributed by atoms with Crippen molar-refractivity contribution in [2.45, 2.75) is 31.1 Å². The predicted molar refractivity (Wildman–Crippen MR) is 96.9 cm³/mol.